The molecule has 0 atom stereocenters. The van der Waals surface area contributed by atoms with Gasteiger partial charge in [0.2, 0.25) is 0 Å². The van der Waals surface area contributed by atoms with E-state index >= 15 is 0 Å². The number of nitrogens with one attached hydrogen (secondary N) is 1. The Balaban J connectivity index is 1.67. The van der Waals surface area contributed by atoms with E-state index in [9.17, 15) is 4.79 Å². The Kier molecular flexibility index (Phi) is 4.43. The predicted octanol–water partition coefficient (Wildman–Crippen LogP) is 4.05. The van der Waals surface area contributed by atoms with Gasteiger partial charge in [0.05, 0.1) is 7.11 Å². The standard InChI is InChI=1S/C19H17NO3/c1-22-19(21)18-11-16(12-20-18)15-7-9-17(10-8-15)23-13-14-5-3-2-4-6-14/h2-12,20H,13H2,1H3. The summed E-state index contributed by atoms with van der Waals surface area (Å²) in [6.07, 6.45) is 1.78. The molecule has 1 aromatic heterocycles. The number of benzene rings is 2. The monoisotopic (exact) mass is 307 g/mol. The number of rotatable bonds is 5. The summed E-state index contributed by atoms with van der Waals surface area (Å²) in [5.74, 6) is 0.431. The van der Waals surface area contributed by atoms with Crippen molar-refractivity contribution in [3.05, 3.63) is 78.1 Å². The molecule has 3 aromatic rings. The van der Waals surface area contributed by atoms with Crippen LogP contribution in [-0.2, 0) is 11.3 Å². The van der Waals surface area contributed by atoms with Gasteiger partial charge in [0.1, 0.15) is 18.1 Å². The SMILES string of the molecule is COC(=O)c1cc(-c2ccc(OCc3ccccc3)cc2)c[nH]1. The van der Waals surface area contributed by atoms with E-state index in [4.69, 9.17) is 4.74 Å². The fraction of sp³-hybridized carbons (Fsp3) is 0.105. The number of hydrogen-bond acceptors (Lipinski definition) is 3. The van der Waals surface area contributed by atoms with Crippen molar-refractivity contribution in [1.82, 2.24) is 4.98 Å². The van der Waals surface area contributed by atoms with Gasteiger partial charge in [-0.15, -0.1) is 0 Å². The van der Waals surface area contributed by atoms with Gasteiger partial charge in [-0.3, -0.25) is 0 Å². The van der Waals surface area contributed by atoms with Gasteiger partial charge >= 0.3 is 5.97 Å². The molecule has 1 heterocycles. The molecule has 0 aliphatic carbocycles. The quantitative estimate of drug-likeness (QED) is 0.724. The average Bonchev–Trinajstić information content (AvgIpc) is 3.11. The molecule has 2 aromatic carbocycles. The maximum atomic E-state index is 11.5. The molecule has 0 radical (unpaired) electrons. The lowest BCUT2D eigenvalue weighted by Crippen LogP contribution is -2.00. The molecule has 4 nitrogen and oxygen atoms in total. The fourth-order valence-electron chi connectivity index (χ4n) is 2.27. The van der Waals surface area contributed by atoms with Crippen LogP contribution in [0.15, 0.2) is 66.9 Å². The molecule has 0 amide bonds. The Bertz CT molecular complexity index is 776. The molecule has 0 fully saturated rings. The van der Waals surface area contributed by atoms with E-state index in [0.717, 1.165) is 22.4 Å². The molecule has 0 spiro atoms. The molecule has 1 N–H and O–H groups in total. The molecule has 4 heteroatoms. The van der Waals surface area contributed by atoms with Crippen molar-refractivity contribution in [3.8, 4) is 16.9 Å². The molecule has 23 heavy (non-hydrogen) atoms. The predicted molar refractivity (Wildman–Crippen MR) is 88.3 cm³/mol. The minimum atomic E-state index is -0.376. The molecule has 0 saturated heterocycles. The molecular formula is C19H17NO3. The maximum Gasteiger partial charge on any atom is 0.354 e. The minimum absolute atomic E-state index is 0.376. The summed E-state index contributed by atoms with van der Waals surface area (Å²) < 4.78 is 10.5. The lowest BCUT2D eigenvalue weighted by molar-refractivity contribution is 0.0595. The molecule has 0 unspecified atom stereocenters. The van der Waals surface area contributed by atoms with E-state index in [1.165, 1.54) is 7.11 Å². The summed E-state index contributed by atoms with van der Waals surface area (Å²) in [6.45, 7) is 0.539. The summed E-state index contributed by atoms with van der Waals surface area (Å²) in [6, 6.07) is 19.6. The van der Waals surface area contributed by atoms with Crippen LogP contribution in [0, 0.1) is 0 Å². The zero-order chi connectivity index (χ0) is 16.1. The zero-order valence-corrected chi connectivity index (χ0v) is 12.8. The van der Waals surface area contributed by atoms with Gasteiger partial charge in [-0.25, -0.2) is 4.79 Å². The van der Waals surface area contributed by atoms with Crippen LogP contribution in [0.4, 0.5) is 0 Å². The third-order valence-electron chi connectivity index (χ3n) is 3.52. The molecule has 3 rings (SSSR count). The summed E-state index contributed by atoms with van der Waals surface area (Å²) >= 11 is 0. The van der Waals surface area contributed by atoms with E-state index in [2.05, 4.69) is 9.72 Å². The Morgan fingerprint density at radius 2 is 1.74 bits per heavy atom. The smallest absolute Gasteiger partial charge is 0.354 e. The van der Waals surface area contributed by atoms with Crippen molar-refractivity contribution in [1.29, 1.82) is 0 Å². The minimum Gasteiger partial charge on any atom is -0.489 e. The van der Waals surface area contributed by atoms with Crippen LogP contribution in [-0.4, -0.2) is 18.1 Å². The van der Waals surface area contributed by atoms with Gasteiger partial charge in [-0.1, -0.05) is 42.5 Å². The average molecular weight is 307 g/mol. The Morgan fingerprint density at radius 3 is 2.43 bits per heavy atom. The maximum absolute atomic E-state index is 11.5. The lowest BCUT2D eigenvalue weighted by atomic mass is 10.1. The molecular weight excluding hydrogens is 290 g/mol. The van der Waals surface area contributed by atoms with Crippen LogP contribution in [0.1, 0.15) is 16.1 Å². The van der Waals surface area contributed by atoms with E-state index < -0.39 is 0 Å². The summed E-state index contributed by atoms with van der Waals surface area (Å²) in [5, 5.41) is 0. The van der Waals surface area contributed by atoms with Crippen LogP contribution in [0.25, 0.3) is 11.1 Å². The number of aromatic amines is 1. The van der Waals surface area contributed by atoms with Crippen LogP contribution in [0.5, 0.6) is 5.75 Å². The lowest BCUT2D eigenvalue weighted by Gasteiger charge is -2.07. The molecule has 116 valence electrons. The van der Waals surface area contributed by atoms with Crippen LogP contribution in [0.3, 0.4) is 0 Å². The number of ether oxygens (including phenoxy) is 2. The van der Waals surface area contributed by atoms with Crippen molar-refractivity contribution in [2.24, 2.45) is 0 Å². The number of hydrogen-bond donors (Lipinski definition) is 1. The second-order valence-corrected chi connectivity index (χ2v) is 5.09. The first-order valence-corrected chi connectivity index (χ1v) is 7.30. The largest absolute Gasteiger partial charge is 0.489 e. The molecule has 0 bridgehead atoms. The van der Waals surface area contributed by atoms with Gasteiger partial charge in [-0.2, -0.15) is 0 Å². The summed E-state index contributed by atoms with van der Waals surface area (Å²) in [4.78, 5) is 14.4. The highest BCUT2D eigenvalue weighted by Crippen LogP contribution is 2.24. The summed E-state index contributed by atoms with van der Waals surface area (Å²) in [7, 11) is 1.36. The highest BCUT2D eigenvalue weighted by atomic mass is 16.5. The number of esters is 1. The van der Waals surface area contributed by atoms with Crippen LogP contribution < -0.4 is 4.74 Å². The van der Waals surface area contributed by atoms with Crippen molar-refractivity contribution in [3.63, 3.8) is 0 Å². The Labute approximate surface area is 134 Å². The third-order valence-corrected chi connectivity index (χ3v) is 3.52. The second-order valence-electron chi connectivity index (χ2n) is 5.09. The number of aromatic nitrogens is 1. The van der Waals surface area contributed by atoms with E-state index in [1.54, 1.807) is 12.3 Å². The highest BCUT2D eigenvalue weighted by molar-refractivity contribution is 5.89. The normalized spacial score (nSPS) is 10.3. The van der Waals surface area contributed by atoms with Gasteiger partial charge in [0.15, 0.2) is 0 Å². The fourth-order valence-corrected chi connectivity index (χ4v) is 2.27. The topological polar surface area (TPSA) is 51.3 Å². The molecule has 0 saturated carbocycles. The van der Waals surface area contributed by atoms with Crippen LogP contribution >= 0.6 is 0 Å². The van der Waals surface area contributed by atoms with Crippen LogP contribution in [0.2, 0.25) is 0 Å². The van der Waals surface area contributed by atoms with Crippen molar-refractivity contribution >= 4 is 5.97 Å². The third kappa shape index (κ3) is 3.61. The van der Waals surface area contributed by atoms with Crippen molar-refractivity contribution < 1.29 is 14.3 Å². The van der Waals surface area contributed by atoms with Gasteiger partial charge in [0, 0.05) is 6.20 Å². The number of carbonyl (C=O) groups excluding carboxylic acids is 1. The van der Waals surface area contributed by atoms with E-state index in [-0.39, 0.29) is 5.97 Å². The van der Waals surface area contributed by atoms with Gasteiger partial charge in [0.25, 0.3) is 0 Å². The van der Waals surface area contributed by atoms with E-state index in [1.807, 2.05) is 54.6 Å². The van der Waals surface area contributed by atoms with Gasteiger partial charge < -0.3 is 14.5 Å². The molecule has 0 aliphatic heterocycles. The number of methoxy groups -OCH3 is 1. The van der Waals surface area contributed by atoms with Gasteiger partial charge in [-0.05, 0) is 34.9 Å². The second kappa shape index (κ2) is 6.83. The van der Waals surface area contributed by atoms with Crippen molar-refractivity contribution in [2.75, 3.05) is 7.11 Å². The van der Waals surface area contributed by atoms with E-state index in [0.29, 0.717) is 12.3 Å². The first-order valence-electron chi connectivity index (χ1n) is 7.30. The number of H-pyrrole nitrogens is 1. The zero-order valence-electron chi connectivity index (χ0n) is 12.8. The highest BCUT2D eigenvalue weighted by Gasteiger charge is 2.09. The first kappa shape index (κ1) is 14.9. The molecule has 0 aliphatic rings. The first-order chi connectivity index (χ1) is 11.3. The number of carbonyl (C=O) groups is 1. The Morgan fingerprint density at radius 1 is 1.00 bits per heavy atom. The Hall–Kier alpha value is -3.01. The van der Waals surface area contributed by atoms with Crippen molar-refractivity contribution in [2.45, 2.75) is 6.61 Å². The summed E-state index contributed by atoms with van der Waals surface area (Å²) in [5.41, 5.74) is 3.50.